The van der Waals surface area contributed by atoms with Gasteiger partial charge in [0.2, 0.25) is 0 Å². The first kappa shape index (κ1) is 16.0. The average molecular weight is 279 g/mol. The standard InChI is InChI=1S/C12H20F3N3O/c1-3-5-16-11(2,9-19)4-6-18-8-10(7-17-18)12(13,14)15/h7-8,16,19H,3-6,9H2,1-2H3. The van der Waals surface area contributed by atoms with E-state index < -0.39 is 17.3 Å². The summed E-state index contributed by atoms with van der Waals surface area (Å²) < 4.78 is 38.5. The fraction of sp³-hybridized carbons (Fsp3) is 0.750. The van der Waals surface area contributed by atoms with E-state index in [-0.39, 0.29) is 6.61 Å². The molecule has 0 saturated heterocycles. The molecule has 4 nitrogen and oxygen atoms in total. The lowest BCUT2D eigenvalue weighted by molar-refractivity contribution is -0.137. The highest BCUT2D eigenvalue weighted by atomic mass is 19.4. The van der Waals surface area contributed by atoms with Crippen LogP contribution in [0.25, 0.3) is 0 Å². The van der Waals surface area contributed by atoms with Gasteiger partial charge in [-0.3, -0.25) is 4.68 Å². The Hall–Kier alpha value is -1.08. The highest BCUT2D eigenvalue weighted by Crippen LogP contribution is 2.28. The summed E-state index contributed by atoms with van der Waals surface area (Å²) in [6.45, 7) is 4.86. The molecular weight excluding hydrogens is 259 g/mol. The van der Waals surface area contributed by atoms with Gasteiger partial charge in [-0.15, -0.1) is 0 Å². The van der Waals surface area contributed by atoms with Crippen LogP contribution in [0.2, 0.25) is 0 Å². The molecule has 0 fully saturated rings. The molecule has 0 aliphatic rings. The number of hydrogen-bond acceptors (Lipinski definition) is 3. The molecule has 110 valence electrons. The van der Waals surface area contributed by atoms with Crippen LogP contribution in [0, 0.1) is 0 Å². The van der Waals surface area contributed by atoms with E-state index in [4.69, 9.17) is 0 Å². The molecular formula is C12H20F3N3O. The van der Waals surface area contributed by atoms with E-state index in [1.165, 1.54) is 4.68 Å². The zero-order chi connectivity index (χ0) is 14.5. The summed E-state index contributed by atoms with van der Waals surface area (Å²) in [5, 5.41) is 16.2. The summed E-state index contributed by atoms with van der Waals surface area (Å²) in [4.78, 5) is 0. The molecule has 1 atom stereocenters. The highest BCUT2D eigenvalue weighted by Gasteiger charge is 2.32. The molecule has 0 spiro atoms. The number of alkyl halides is 3. The second kappa shape index (κ2) is 6.38. The van der Waals surface area contributed by atoms with Gasteiger partial charge in [0.1, 0.15) is 0 Å². The van der Waals surface area contributed by atoms with Gasteiger partial charge in [0.25, 0.3) is 0 Å². The molecule has 1 rings (SSSR count). The molecule has 0 saturated carbocycles. The van der Waals surface area contributed by atoms with Crippen LogP contribution >= 0.6 is 0 Å². The van der Waals surface area contributed by atoms with Crippen LogP contribution in [0.4, 0.5) is 13.2 Å². The van der Waals surface area contributed by atoms with Gasteiger partial charge in [-0.2, -0.15) is 18.3 Å². The Labute approximate surface area is 110 Å². The normalized spacial score (nSPS) is 15.5. The first-order chi connectivity index (χ1) is 8.80. The second-order valence-corrected chi connectivity index (χ2v) is 4.89. The maximum absolute atomic E-state index is 12.4. The topological polar surface area (TPSA) is 50.1 Å². The summed E-state index contributed by atoms with van der Waals surface area (Å²) in [5.41, 5.74) is -1.25. The predicted molar refractivity (Wildman–Crippen MR) is 65.6 cm³/mol. The number of aromatic nitrogens is 2. The van der Waals surface area contributed by atoms with Crippen LogP contribution in [-0.4, -0.2) is 33.6 Å². The Morgan fingerprint density at radius 3 is 2.58 bits per heavy atom. The van der Waals surface area contributed by atoms with Gasteiger partial charge in [0.05, 0.1) is 18.4 Å². The Balaban J connectivity index is 2.58. The first-order valence-corrected chi connectivity index (χ1v) is 6.26. The van der Waals surface area contributed by atoms with Crippen LogP contribution in [0.5, 0.6) is 0 Å². The van der Waals surface area contributed by atoms with Crippen molar-refractivity contribution < 1.29 is 18.3 Å². The van der Waals surface area contributed by atoms with Crippen molar-refractivity contribution in [1.29, 1.82) is 0 Å². The largest absolute Gasteiger partial charge is 0.419 e. The Morgan fingerprint density at radius 1 is 1.42 bits per heavy atom. The summed E-state index contributed by atoms with van der Waals surface area (Å²) in [6, 6.07) is 0. The molecule has 0 radical (unpaired) electrons. The van der Waals surface area contributed by atoms with Crippen LogP contribution in [0.15, 0.2) is 12.4 Å². The molecule has 0 aliphatic heterocycles. The lowest BCUT2D eigenvalue weighted by Gasteiger charge is -2.28. The number of rotatable bonds is 7. The molecule has 0 amide bonds. The average Bonchev–Trinajstić information content (AvgIpc) is 2.83. The van der Waals surface area contributed by atoms with E-state index in [0.29, 0.717) is 13.0 Å². The molecule has 1 aromatic heterocycles. The van der Waals surface area contributed by atoms with Crippen molar-refractivity contribution in [3.8, 4) is 0 Å². The number of aryl methyl sites for hydroxylation is 1. The van der Waals surface area contributed by atoms with Gasteiger partial charge in [0, 0.05) is 18.3 Å². The first-order valence-electron chi connectivity index (χ1n) is 6.26. The zero-order valence-electron chi connectivity index (χ0n) is 11.2. The van der Waals surface area contributed by atoms with Crippen molar-refractivity contribution >= 4 is 0 Å². The van der Waals surface area contributed by atoms with E-state index in [1.807, 2.05) is 13.8 Å². The molecule has 0 aliphatic carbocycles. The fourth-order valence-electron chi connectivity index (χ4n) is 1.64. The Bertz CT molecular complexity index is 392. The predicted octanol–water partition coefficient (Wildman–Crippen LogP) is 2.04. The molecule has 2 N–H and O–H groups in total. The number of halogens is 3. The molecule has 0 bridgehead atoms. The van der Waals surface area contributed by atoms with Crippen molar-refractivity contribution in [1.82, 2.24) is 15.1 Å². The summed E-state index contributed by atoms with van der Waals surface area (Å²) in [7, 11) is 0. The lowest BCUT2D eigenvalue weighted by atomic mass is 9.99. The van der Waals surface area contributed by atoms with Crippen molar-refractivity contribution in [2.75, 3.05) is 13.2 Å². The SMILES string of the molecule is CCCNC(C)(CO)CCn1cc(C(F)(F)F)cn1. The fourth-order valence-corrected chi connectivity index (χ4v) is 1.64. The van der Waals surface area contributed by atoms with Gasteiger partial charge in [-0.05, 0) is 26.3 Å². The van der Waals surface area contributed by atoms with E-state index >= 15 is 0 Å². The smallest absolute Gasteiger partial charge is 0.394 e. The number of aliphatic hydroxyl groups excluding tert-OH is 1. The third-order valence-corrected chi connectivity index (χ3v) is 3.00. The number of nitrogens with one attached hydrogen (secondary N) is 1. The van der Waals surface area contributed by atoms with Crippen molar-refractivity contribution in [2.24, 2.45) is 0 Å². The minimum absolute atomic E-state index is 0.0691. The number of nitrogens with zero attached hydrogens (tertiary/aromatic N) is 2. The Morgan fingerprint density at radius 2 is 2.11 bits per heavy atom. The molecule has 0 aromatic carbocycles. The highest BCUT2D eigenvalue weighted by molar-refractivity contribution is 5.08. The zero-order valence-corrected chi connectivity index (χ0v) is 11.2. The second-order valence-electron chi connectivity index (χ2n) is 4.89. The van der Waals surface area contributed by atoms with E-state index in [1.54, 1.807) is 0 Å². The van der Waals surface area contributed by atoms with Crippen LogP contribution in [-0.2, 0) is 12.7 Å². The summed E-state index contributed by atoms with van der Waals surface area (Å²) >= 11 is 0. The number of hydrogen-bond donors (Lipinski definition) is 2. The van der Waals surface area contributed by atoms with Crippen molar-refractivity contribution in [2.45, 2.75) is 44.9 Å². The van der Waals surface area contributed by atoms with Crippen molar-refractivity contribution in [3.05, 3.63) is 18.0 Å². The van der Waals surface area contributed by atoms with E-state index in [0.717, 1.165) is 25.4 Å². The van der Waals surface area contributed by atoms with Crippen LogP contribution in [0.3, 0.4) is 0 Å². The maximum Gasteiger partial charge on any atom is 0.419 e. The van der Waals surface area contributed by atoms with Crippen LogP contribution in [0.1, 0.15) is 32.3 Å². The minimum Gasteiger partial charge on any atom is -0.394 e. The van der Waals surface area contributed by atoms with Gasteiger partial charge in [-0.25, -0.2) is 0 Å². The van der Waals surface area contributed by atoms with Gasteiger partial charge in [-0.1, -0.05) is 6.92 Å². The monoisotopic (exact) mass is 279 g/mol. The third-order valence-electron chi connectivity index (χ3n) is 3.00. The van der Waals surface area contributed by atoms with Gasteiger partial charge >= 0.3 is 6.18 Å². The Kier molecular flexibility index (Phi) is 5.37. The quantitative estimate of drug-likeness (QED) is 0.803. The molecule has 1 aromatic rings. The summed E-state index contributed by atoms with van der Waals surface area (Å²) in [6.07, 6.45) is -1.13. The van der Waals surface area contributed by atoms with E-state index in [2.05, 4.69) is 10.4 Å². The third kappa shape index (κ3) is 4.83. The van der Waals surface area contributed by atoms with Gasteiger partial charge < -0.3 is 10.4 Å². The maximum atomic E-state index is 12.4. The summed E-state index contributed by atoms with van der Waals surface area (Å²) in [5.74, 6) is 0. The molecule has 1 unspecified atom stereocenters. The minimum atomic E-state index is -4.36. The lowest BCUT2D eigenvalue weighted by Crippen LogP contribution is -2.46. The van der Waals surface area contributed by atoms with Crippen LogP contribution < -0.4 is 5.32 Å². The molecule has 7 heteroatoms. The number of aliphatic hydroxyl groups is 1. The molecule has 19 heavy (non-hydrogen) atoms. The van der Waals surface area contributed by atoms with E-state index in [9.17, 15) is 18.3 Å². The molecule has 1 heterocycles. The van der Waals surface area contributed by atoms with Gasteiger partial charge in [0.15, 0.2) is 0 Å². The van der Waals surface area contributed by atoms with Crippen molar-refractivity contribution in [3.63, 3.8) is 0 Å².